The Balaban J connectivity index is 2.05. The van der Waals surface area contributed by atoms with E-state index in [0.29, 0.717) is 6.42 Å². The fraction of sp³-hybridized carbons (Fsp3) is 0.231. The van der Waals surface area contributed by atoms with E-state index >= 15 is 0 Å². The molecule has 8 heteroatoms. The van der Waals surface area contributed by atoms with E-state index in [1.54, 1.807) is 23.5 Å². The fourth-order valence-corrected chi connectivity index (χ4v) is 3.32. The summed E-state index contributed by atoms with van der Waals surface area (Å²) in [6.45, 7) is 0. The molecule has 2 aromatic rings. The van der Waals surface area contributed by atoms with Crippen LogP contribution in [0.1, 0.15) is 16.5 Å². The van der Waals surface area contributed by atoms with Crippen LogP contribution in [-0.4, -0.2) is 6.36 Å². The van der Waals surface area contributed by atoms with Gasteiger partial charge in [0, 0.05) is 14.7 Å². The second-order valence-electron chi connectivity index (χ2n) is 4.28. The van der Waals surface area contributed by atoms with E-state index in [4.69, 9.17) is 5.84 Å². The maximum atomic E-state index is 12.1. The number of alkyl halides is 3. The Kier molecular flexibility index (Phi) is 5.26. The van der Waals surface area contributed by atoms with Crippen LogP contribution in [0, 0.1) is 0 Å². The van der Waals surface area contributed by atoms with E-state index < -0.39 is 6.36 Å². The molecule has 0 fully saturated rings. The smallest absolute Gasteiger partial charge is 0.406 e. The van der Waals surface area contributed by atoms with Crippen LogP contribution in [-0.2, 0) is 6.42 Å². The highest BCUT2D eigenvalue weighted by Crippen LogP contribution is 2.28. The lowest BCUT2D eigenvalue weighted by atomic mass is 10.1. The van der Waals surface area contributed by atoms with E-state index in [1.807, 2.05) is 11.4 Å². The Morgan fingerprint density at radius 2 is 1.95 bits per heavy atom. The number of halogens is 4. The van der Waals surface area contributed by atoms with Crippen LogP contribution in [0.2, 0.25) is 0 Å². The minimum atomic E-state index is -4.67. The Bertz CT molecular complexity index is 586. The van der Waals surface area contributed by atoms with Crippen LogP contribution >= 0.6 is 27.3 Å². The van der Waals surface area contributed by atoms with Crippen molar-refractivity contribution in [2.75, 3.05) is 0 Å². The molecule has 114 valence electrons. The van der Waals surface area contributed by atoms with Gasteiger partial charge in [-0.25, -0.2) is 0 Å². The van der Waals surface area contributed by atoms with Gasteiger partial charge in [-0.1, -0.05) is 12.1 Å². The Morgan fingerprint density at radius 3 is 2.43 bits per heavy atom. The molecule has 2 rings (SSSR count). The summed E-state index contributed by atoms with van der Waals surface area (Å²) in [5.41, 5.74) is 3.57. The SMILES string of the molecule is NNC(Cc1ccc(OC(F)(F)F)cc1)c1cc(Br)cs1. The summed E-state index contributed by atoms with van der Waals surface area (Å²) in [4.78, 5) is 1.04. The maximum absolute atomic E-state index is 12.1. The lowest BCUT2D eigenvalue weighted by Crippen LogP contribution is -2.28. The molecule has 0 amide bonds. The fourth-order valence-electron chi connectivity index (χ4n) is 1.82. The largest absolute Gasteiger partial charge is 0.573 e. The van der Waals surface area contributed by atoms with Gasteiger partial charge in [-0.05, 0) is 46.1 Å². The van der Waals surface area contributed by atoms with Crippen molar-refractivity contribution in [1.29, 1.82) is 0 Å². The van der Waals surface area contributed by atoms with Gasteiger partial charge in [-0.3, -0.25) is 11.3 Å². The predicted molar refractivity (Wildman–Crippen MR) is 78.9 cm³/mol. The van der Waals surface area contributed by atoms with Crippen LogP contribution < -0.4 is 16.0 Å². The van der Waals surface area contributed by atoms with Gasteiger partial charge in [0.1, 0.15) is 5.75 Å². The highest BCUT2D eigenvalue weighted by atomic mass is 79.9. The number of rotatable bonds is 5. The van der Waals surface area contributed by atoms with Crippen LogP contribution in [0.4, 0.5) is 13.2 Å². The van der Waals surface area contributed by atoms with Gasteiger partial charge in [-0.2, -0.15) is 0 Å². The molecule has 0 bridgehead atoms. The summed E-state index contributed by atoms with van der Waals surface area (Å²) in [6, 6.07) is 7.62. The summed E-state index contributed by atoms with van der Waals surface area (Å²) >= 11 is 4.92. The zero-order valence-corrected chi connectivity index (χ0v) is 13.1. The third kappa shape index (κ3) is 4.99. The minimum Gasteiger partial charge on any atom is -0.406 e. The quantitative estimate of drug-likeness (QED) is 0.604. The average molecular weight is 381 g/mol. The molecule has 3 nitrogen and oxygen atoms in total. The summed E-state index contributed by atoms with van der Waals surface area (Å²) in [7, 11) is 0. The van der Waals surface area contributed by atoms with Gasteiger partial charge in [0.05, 0.1) is 6.04 Å². The molecule has 0 aliphatic heterocycles. The van der Waals surface area contributed by atoms with Crippen molar-refractivity contribution in [3.63, 3.8) is 0 Å². The number of hydrazine groups is 1. The third-order valence-corrected chi connectivity index (χ3v) is 4.54. The topological polar surface area (TPSA) is 47.3 Å². The molecule has 0 aliphatic rings. The van der Waals surface area contributed by atoms with Gasteiger partial charge in [0.2, 0.25) is 0 Å². The van der Waals surface area contributed by atoms with Crippen LogP contribution in [0.25, 0.3) is 0 Å². The first kappa shape index (κ1) is 16.3. The first-order valence-electron chi connectivity index (χ1n) is 5.92. The van der Waals surface area contributed by atoms with E-state index in [1.165, 1.54) is 12.1 Å². The van der Waals surface area contributed by atoms with Crippen LogP contribution in [0.5, 0.6) is 5.75 Å². The molecular formula is C13H12BrF3N2OS. The minimum absolute atomic E-state index is 0.101. The lowest BCUT2D eigenvalue weighted by molar-refractivity contribution is -0.274. The van der Waals surface area contributed by atoms with Gasteiger partial charge in [0.15, 0.2) is 0 Å². The molecule has 1 atom stereocenters. The second kappa shape index (κ2) is 6.78. The molecule has 1 aromatic carbocycles. The third-order valence-electron chi connectivity index (χ3n) is 2.73. The number of ether oxygens (including phenoxy) is 1. The number of hydrogen-bond donors (Lipinski definition) is 2. The molecule has 1 unspecified atom stereocenters. The van der Waals surface area contributed by atoms with Crippen LogP contribution in [0.3, 0.4) is 0 Å². The monoisotopic (exact) mass is 380 g/mol. The average Bonchev–Trinajstić information content (AvgIpc) is 2.82. The van der Waals surface area contributed by atoms with E-state index in [-0.39, 0.29) is 11.8 Å². The first-order chi connectivity index (χ1) is 9.87. The zero-order valence-electron chi connectivity index (χ0n) is 10.7. The number of nitrogens with one attached hydrogen (secondary N) is 1. The van der Waals surface area contributed by atoms with Crippen molar-refractivity contribution in [2.45, 2.75) is 18.8 Å². The number of nitrogens with two attached hydrogens (primary N) is 1. The molecule has 0 radical (unpaired) electrons. The molecule has 1 aromatic heterocycles. The first-order valence-corrected chi connectivity index (χ1v) is 7.59. The lowest BCUT2D eigenvalue weighted by Gasteiger charge is -2.15. The summed E-state index contributed by atoms with van der Waals surface area (Å²) < 4.78 is 41.0. The Labute approximate surface area is 132 Å². The molecule has 0 saturated heterocycles. The van der Waals surface area contributed by atoms with E-state index in [0.717, 1.165) is 14.9 Å². The summed E-state index contributed by atoms with van der Waals surface area (Å²) in [5.74, 6) is 5.31. The summed E-state index contributed by atoms with van der Waals surface area (Å²) in [5, 5.41) is 1.94. The number of hydrogen-bond acceptors (Lipinski definition) is 4. The van der Waals surface area contributed by atoms with Crippen molar-refractivity contribution < 1.29 is 17.9 Å². The molecule has 0 saturated carbocycles. The van der Waals surface area contributed by atoms with Gasteiger partial charge < -0.3 is 4.74 Å². The molecule has 21 heavy (non-hydrogen) atoms. The number of thiophene rings is 1. The molecular weight excluding hydrogens is 369 g/mol. The van der Waals surface area contributed by atoms with Crippen molar-refractivity contribution in [1.82, 2.24) is 5.43 Å². The Hall–Kier alpha value is -1.09. The van der Waals surface area contributed by atoms with Gasteiger partial charge in [-0.15, -0.1) is 24.5 Å². The highest BCUT2D eigenvalue weighted by molar-refractivity contribution is 9.10. The van der Waals surface area contributed by atoms with Crippen molar-refractivity contribution in [3.05, 3.63) is 50.6 Å². The Morgan fingerprint density at radius 1 is 1.29 bits per heavy atom. The molecule has 3 N–H and O–H groups in total. The molecule has 1 heterocycles. The predicted octanol–water partition coefficient (Wildman–Crippen LogP) is 4.16. The normalized spacial score (nSPS) is 13.2. The van der Waals surface area contributed by atoms with Gasteiger partial charge >= 0.3 is 6.36 Å². The van der Waals surface area contributed by atoms with Crippen molar-refractivity contribution >= 4 is 27.3 Å². The number of benzene rings is 1. The summed E-state index contributed by atoms with van der Waals surface area (Å²) in [6.07, 6.45) is -4.11. The van der Waals surface area contributed by atoms with Crippen LogP contribution in [0.15, 0.2) is 40.2 Å². The standard InChI is InChI=1S/C13H12BrF3N2OS/c14-9-6-12(21-7-9)11(19-18)5-8-1-3-10(4-2-8)20-13(15,16)17/h1-4,6-7,11,19H,5,18H2. The van der Waals surface area contributed by atoms with Crippen molar-refractivity contribution in [2.24, 2.45) is 5.84 Å². The zero-order chi connectivity index (χ0) is 15.5. The highest BCUT2D eigenvalue weighted by Gasteiger charge is 2.30. The van der Waals surface area contributed by atoms with Gasteiger partial charge in [0.25, 0.3) is 0 Å². The maximum Gasteiger partial charge on any atom is 0.573 e. The van der Waals surface area contributed by atoms with E-state index in [9.17, 15) is 13.2 Å². The molecule has 0 aliphatic carbocycles. The molecule has 0 spiro atoms. The van der Waals surface area contributed by atoms with Crippen molar-refractivity contribution in [3.8, 4) is 5.75 Å². The van der Waals surface area contributed by atoms with E-state index in [2.05, 4.69) is 26.1 Å². The second-order valence-corrected chi connectivity index (χ2v) is 6.14.